The van der Waals surface area contributed by atoms with Gasteiger partial charge < -0.3 is 4.74 Å². The number of ether oxygens (including phenoxy) is 1. The van der Waals surface area contributed by atoms with Crippen molar-refractivity contribution in [1.82, 2.24) is 0 Å². The molecule has 0 fully saturated rings. The van der Waals surface area contributed by atoms with Crippen LogP contribution >= 0.6 is 50.5 Å². The smallest absolute Gasteiger partial charge is 0.310 e. The first kappa shape index (κ1) is 16.5. The van der Waals surface area contributed by atoms with Gasteiger partial charge in [-0.05, 0) is 45.8 Å². The quantitative estimate of drug-likeness (QED) is 0.528. The van der Waals surface area contributed by atoms with Crippen molar-refractivity contribution in [3.05, 3.63) is 54.6 Å². The van der Waals surface area contributed by atoms with E-state index in [1.165, 1.54) is 11.3 Å². The molecule has 0 saturated carbocycles. The minimum atomic E-state index is -0.489. The average Bonchev–Trinajstić information content (AvgIpc) is 2.87. The number of esters is 1. The number of carbonyl (C=O) groups excluding carboxylic acids is 2. The van der Waals surface area contributed by atoms with E-state index >= 15 is 0 Å². The fourth-order valence-electron chi connectivity index (χ4n) is 1.55. The van der Waals surface area contributed by atoms with Crippen LogP contribution < -0.4 is 0 Å². The Labute approximate surface area is 143 Å². The number of benzene rings is 1. The lowest BCUT2D eigenvalue weighted by Gasteiger charge is -2.04. The zero-order chi connectivity index (χ0) is 15.4. The van der Waals surface area contributed by atoms with Crippen LogP contribution in [-0.2, 0) is 16.0 Å². The van der Waals surface area contributed by atoms with Gasteiger partial charge in [0.15, 0.2) is 6.61 Å². The molecule has 0 aliphatic carbocycles. The van der Waals surface area contributed by atoms with E-state index in [4.69, 9.17) is 27.9 Å². The summed E-state index contributed by atoms with van der Waals surface area (Å²) in [6.07, 6.45) is 0.0400. The van der Waals surface area contributed by atoms with Gasteiger partial charge in [0.2, 0.25) is 5.78 Å². The fraction of sp³-hybridized carbons (Fsp3) is 0.143. The van der Waals surface area contributed by atoms with Crippen molar-refractivity contribution in [3.63, 3.8) is 0 Å². The molecule has 0 bridgehead atoms. The second kappa shape index (κ2) is 7.40. The van der Waals surface area contributed by atoms with Gasteiger partial charge in [-0.25, -0.2) is 0 Å². The number of ketones is 1. The predicted molar refractivity (Wildman–Crippen MR) is 87.5 cm³/mol. The van der Waals surface area contributed by atoms with E-state index in [0.717, 1.165) is 3.79 Å². The molecule has 0 radical (unpaired) electrons. The molecule has 2 aromatic rings. The van der Waals surface area contributed by atoms with Crippen LogP contribution in [0, 0.1) is 0 Å². The number of carbonyl (C=O) groups is 2. The van der Waals surface area contributed by atoms with E-state index in [9.17, 15) is 9.59 Å². The molecule has 2 rings (SSSR count). The SMILES string of the molecule is O=C(Cc1ccc(Cl)c(Cl)c1)OCC(=O)c1ccc(Br)s1. The van der Waals surface area contributed by atoms with E-state index in [1.54, 1.807) is 30.3 Å². The van der Waals surface area contributed by atoms with E-state index in [-0.39, 0.29) is 18.8 Å². The maximum Gasteiger partial charge on any atom is 0.310 e. The highest BCUT2D eigenvalue weighted by Crippen LogP contribution is 2.23. The number of hydrogen-bond donors (Lipinski definition) is 0. The third kappa shape index (κ3) is 4.81. The molecule has 1 aromatic heterocycles. The van der Waals surface area contributed by atoms with Gasteiger partial charge in [0.25, 0.3) is 0 Å². The Kier molecular flexibility index (Phi) is 5.81. The molecule has 21 heavy (non-hydrogen) atoms. The molecule has 1 aromatic carbocycles. The largest absolute Gasteiger partial charge is 0.457 e. The third-order valence-electron chi connectivity index (χ3n) is 2.54. The summed E-state index contributed by atoms with van der Waals surface area (Å²) in [7, 11) is 0. The van der Waals surface area contributed by atoms with Crippen LogP contribution in [0.4, 0.5) is 0 Å². The lowest BCUT2D eigenvalue weighted by Crippen LogP contribution is -2.14. The lowest BCUT2D eigenvalue weighted by molar-refractivity contribution is -0.141. The summed E-state index contributed by atoms with van der Waals surface area (Å²) < 4.78 is 5.82. The topological polar surface area (TPSA) is 43.4 Å². The van der Waals surface area contributed by atoms with Crippen molar-refractivity contribution in [3.8, 4) is 0 Å². The van der Waals surface area contributed by atoms with Crippen LogP contribution in [0.1, 0.15) is 15.2 Å². The van der Waals surface area contributed by atoms with Gasteiger partial charge in [-0.2, -0.15) is 0 Å². The first-order chi connectivity index (χ1) is 9.95. The normalized spacial score (nSPS) is 10.4. The minimum Gasteiger partial charge on any atom is -0.457 e. The molecular formula is C14H9BrCl2O3S. The van der Waals surface area contributed by atoms with E-state index < -0.39 is 5.97 Å². The van der Waals surface area contributed by atoms with Crippen molar-refractivity contribution in [2.24, 2.45) is 0 Å². The Bertz CT molecular complexity index is 685. The second-order valence-electron chi connectivity index (χ2n) is 4.11. The monoisotopic (exact) mass is 406 g/mol. The van der Waals surface area contributed by atoms with E-state index in [0.29, 0.717) is 20.5 Å². The zero-order valence-electron chi connectivity index (χ0n) is 10.6. The summed E-state index contributed by atoms with van der Waals surface area (Å²) in [6.45, 7) is -0.271. The van der Waals surface area contributed by atoms with Gasteiger partial charge in [-0.15, -0.1) is 11.3 Å². The van der Waals surface area contributed by atoms with Gasteiger partial charge in [-0.3, -0.25) is 9.59 Å². The Hall–Kier alpha value is -0.880. The predicted octanol–water partition coefficient (Wildman–Crippen LogP) is 4.79. The molecule has 3 nitrogen and oxygen atoms in total. The van der Waals surface area contributed by atoms with Crippen molar-refractivity contribution in [1.29, 1.82) is 0 Å². The van der Waals surface area contributed by atoms with E-state index in [2.05, 4.69) is 15.9 Å². The molecular weight excluding hydrogens is 399 g/mol. The standard InChI is InChI=1S/C14H9BrCl2O3S/c15-13-4-3-12(21-13)11(18)7-20-14(19)6-8-1-2-9(16)10(17)5-8/h1-5H,6-7H2. The van der Waals surface area contributed by atoms with Gasteiger partial charge in [0.05, 0.1) is 25.1 Å². The summed E-state index contributed by atoms with van der Waals surface area (Å²) >= 11 is 16.2. The highest BCUT2D eigenvalue weighted by atomic mass is 79.9. The molecule has 0 aliphatic heterocycles. The number of halogens is 3. The third-order valence-corrected chi connectivity index (χ3v) is 4.95. The van der Waals surface area contributed by atoms with Gasteiger partial charge in [-0.1, -0.05) is 29.3 Å². The summed E-state index contributed by atoms with van der Waals surface area (Å²) in [4.78, 5) is 24.0. The van der Waals surface area contributed by atoms with Crippen LogP contribution in [-0.4, -0.2) is 18.4 Å². The van der Waals surface area contributed by atoms with E-state index in [1.807, 2.05) is 0 Å². The summed E-state index contributed by atoms with van der Waals surface area (Å²) in [5.41, 5.74) is 0.681. The Morgan fingerprint density at radius 3 is 2.52 bits per heavy atom. The molecule has 0 aliphatic rings. The summed E-state index contributed by atoms with van der Waals surface area (Å²) in [5.74, 6) is -0.717. The molecule has 1 heterocycles. The molecule has 7 heteroatoms. The Morgan fingerprint density at radius 1 is 1.14 bits per heavy atom. The molecule has 0 atom stereocenters. The lowest BCUT2D eigenvalue weighted by atomic mass is 10.1. The van der Waals surface area contributed by atoms with Crippen LogP contribution in [0.5, 0.6) is 0 Å². The second-order valence-corrected chi connectivity index (χ2v) is 7.39. The summed E-state index contributed by atoms with van der Waals surface area (Å²) in [6, 6.07) is 8.36. The molecule has 0 N–H and O–H groups in total. The van der Waals surface area contributed by atoms with Crippen molar-refractivity contribution < 1.29 is 14.3 Å². The highest BCUT2D eigenvalue weighted by molar-refractivity contribution is 9.11. The molecule has 0 saturated heterocycles. The van der Waals surface area contributed by atoms with Crippen LogP contribution in [0.15, 0.2) is 34.1 Å². The number of hydrogen-bond acceptors (Lipinski definition) is 4. The minimum absolute atomic E-state index is 0.0400. The van der Waals surface area contributed by atoms with Crippen LogP contribution in [0.3, 0.4) is 0 Å². The average molecular weight is 408 g/mol. The number of rotatable bonds is 5. The maximum atomic E-state index is 11.8. The van der Waals surface area contributed by atoms with Crippen molar-refractivity contribution >= 4 is 62.2 Å². The zero-order valence-corrected chi connectivity index (χ0v) is 14.5. The number of thiophene rings is 1. The molecule has 0 spiro atoms. The van der Waals surface area contributed by atoms with Gasteiger partial charge in [0.1, 0.15) is 0 Å². The van der Waals surface area contributed by atoms with Crippen LogP contribution in [0.25, 0.3) is 0 Å². The first-order valence-electron chi connectivity index (χ1n) is 5.84. The Balaban J connectivity index is 1.87. The Morgan fingerprint density at radius 2 is 1.90 bits per heavy atom. The maximum absolute atomic E-state index is 11.8. The fourth-order valence-corrected chi connectivity index (χ4v) is 3.18. The van der Waals surface area contributed by atoms with Crippen LogP contribution in [0.2, 0.25) is 10.0 Å². The van der Waals surface area contributed by atoms with Gasteiger partial charge >= 0.3 is 5.97 Å². The summed E-state index contributed by atoms with van der Waals surface area (Å²) in [5, 5.41) is 0.800. The van der Waals surface area contributed by atoms with Gasteiger partial charge in [0, 0.05) is 0 Å². The molecule has 0 unspecified atom stereocenters. The first-order valence-corrected chi connectivity index (χ1v) is 8.20. The van der Waals surface area contributed by atoms with Crippen molar-refractivity contribution in [2.45, 2.75) is 6.42 Å². The molecule has 0 amide bonds. The molecule has 110 valence electrons. The highest BCUT2D eigenvalue weighted by Gasteiger charge is 2.13. The van der Waals surface area contributed by atoms with Crippen molar-refractivity contribution in [2.75, 3.05) is 6.61 Å². The number of Topliss-reactive ketones (excluding diaryl/α,β-unsaturated/α-hetero) is 1.